The van der Waals surface area contributed by atoms with Crippen LogP contribution in [0.15, 0.2) is 18.2 Å². The fraction of sp³-hybridized carbons (Fsp3) is 0.333. The van der Waals surface area contributed by atoms with Gasteiger partial charge >= 0.3 is 0 Å². The van der Waals surface area contributed by atoms with Gasteiger partial charge in [-0.15, -0.1) is 0 Å². The Labute approximate surface area is 85.6 Å². The Hall–Kier alpha value is -1.29. The van der Waals surface area contributed by atoms with Crippen LogP contribution in [0.25, 0.3) is 0 Å². The second-order valence-corrected chi connectivity index (χ2v) is 3.59. The molecule has 1 aromatic carbocycles. The summed E-state index contributed by atoms with van der Waals surface area (Å²) in [4.78, 5) is 10.0. The van der Waals surface area contributed by atoms with Crippen molar-refractivity contribution in [2.24, 2.45) is 0 Å². The van der Waals surface area contributed by atoms with E-state index >= 15 is 0 Å². The normalized spacial score (nSPS) is 15.2. The zero-order valence-corrected chi connectivity index (χ0v) is 8.03. The molecule has 0 aliphatic heterocycles. The van der Waals surface area contributed by atoms with Gasteiger partial charge in [0.15, 0.2) is 0 Å². The minimum Gasteiger partial charge on any atom is -0.490 e. The molecule has 1 saturated carbocycles. The van der Waals surface area contributed by atoms with Crippen LogP contribution in [-0.2, 0) is 0 Å². The summed E-state index contributed by atoms with van der Waals surface area (Å²) in [7, 11) is 0. The number of hydrogen-bond acceptors (Lipinski definition) is 3. The van der Waals surface area contributed by atoms with E-state index in [0.29, 0.717) is 5.75 Å². The van der Waals surface area contributed by atoms with Crippen molar-refractivity contribution >= 4 is 17.3 Å². The van der Waals surface area contributed by atoms with E-state index in [-0.39, 0.29) is 16.8 Å². The molecule has 1 aliphatic carbocycles. The van der Waals surface area contributed by atoms with E-state index in [2.05, 4.69) is 0 Å². The molecule has 0 atom stereocenters. The van der Waals surface area contributed by atoms with Crippen LogP contribution < -0.4 is 4.74 Å². The van der Waals surface area contributed by atoms with E-state index < -0.39 is 4.92 Å². The molecule has 0 saturated heterocycles. The van der Waals surface area contributed by atoms with Crippen molar-refractivity contribution in [3.8, 4) is 5.75 Å². The Morgan fingerprint density at radius 1 is 1.50 bits per heavy atom. The van der Waals surface area contributed by atoms with Gasteiger partial charge in [-0.3, -0.25) is 10.1 Å². The van der Waals surface area contributed by atoms with Gasteiger partial charge in [-0.1, -0.05) is 11.6 Å². The van der Waals surface area contributed by atoms with Gasteiger partial charge in [-0.05, 0) is 25.0 Å². The maximum Gasteiger partial charge on any atom is 0.291 e. The molecule has 0 amide bonds. The molecule has 1 aliphatic rings. The number of nitrogens with zero attached hydrogens (tertiary/aromatic N) is 1. The standard InChI is InChI=1S/C9H8ClNO3/c10-8-4-3-7(14-6-1-2-6)5-9(8)11(12)13/h3-6H,1-2H2. The van der Waals surface area contributed by atoms with Gasteiger partial charge in [0.2, 0.25) is 0 Å². The number of nitro groups is 1. The molecular weight excluding hydrogens is 206 g/mol. The summed E-state index contributed by atoms with van der Waals surface area (Å²) < 4.78 is 5.41. The summed E-state index contributed by atoms with van der Waals surface area (Å²) in [5.41, 5.74) is -0.107. The predicted octanol–water partition coefficient (Wildman–Crippen LogP) is 2.79. The van der Waals surface area contributed by atoms with Gasteiger partial charge in [0.1, 0.15) is 10.8 Å². The first-order valence-corrected chi connectivity index (χ1v) is 4.65. The Balaban J connectivity index is 2.24. The lowest BCUT2D eigenvalue weighted by Gasteiger charge is -2.03. The molecule has 0 bridgehead atoms. The smallest absolute Gasteiger partial charge is 0.291 e. The van der Waals surface area contributed by atoms with Crippen LogP contribution in [-0.4, -0.2) is 11.0 Å². The largest absolute Gasteiger partial charge is 0.490 e. The van der Waals surface area contributed by atoms with E-state index in [1.165, 1.54) is 12.1 Å². The average Bonchev–Trinajstić information content (AvgIpc) is 2.92. The van der Waals surface area contributed by atoms with Crippen LogP contribution in [0.1, 0.15) is 12.8 Å². The molecule has 2 rings (SSSR count). The average molecular weight is 214 g/mol. The molecule has 1 aromatic rings. The highest BCUT2D eigenvalue weighted by molar-refractivity contribution is 6.32. The SMILES string of the molecule is O=[N+]([O-])c1cc(OC2CC2)ccc1Cl. The molecule has 0 aromatic heterocycles. The predicted molar refractivity (Wildman–Crippen MR) is 51.8 cm³/mol. The van der Waals surface area contributed by atoms with Crippen molar-refractivity contribution in [2.75, 3.05) is 0 Å². The summed E-state index contributed by atoms with van der Waals surface area (Å²) in [6.07, 6.45) is 2.28. The molecule has 5 heteroatoms. The van der Waals surface area contributed by atoms with Crippen LogP contribution in [0.3, 0.4) is 0 Å². The summed E-state index contributed by atoms with van der Waals surface area (Å²) in [6, 6.07) is 4.49. The Morgan fingerprint density at radius 3 is 2.79 bits per heavy atom. The molecule has 0 spiro atoms. The van der Waals surface area contributed by atoms with Gasteiger partial charge in [0, 0.05) is 0 Å². The van der Waals surface area contributed by atoms with Crippen molar-refractivity contribution < 1.29 is 9.66 Å². The molecule has 4 nitrogen and oxygen atoms in total. The minimum atomic E-state index is -0.512. The van der Waals surface area contributed by atoms with Gasteiger partial charge < -0.3 is 4.74 Å². The van der Waals surface area contributed by atoms with Crippen molar-refractivity contribution in [1.82, 2.24) is 0 Å². The third kappa shape index (κ3) is 1.96. The third-order valence-corrected chi connectivity index (χ3v) is 2.26. The minimum absolute atomic E-state index is 0.107. The number of ether oxygens (including phenoxy) is 1. The lowest BCUT2D eigenvalue weighted by molar-refractivity contribution is -0.384. The molecule has 1 fully saturated rings. The topological polar surface area (TPSA) is 52.4 Å². The van der Waals surface area contributed by atoms with Crippen LogP contribution in [0, 0.1) is 10.1 Å². The summed E-state index contributed by atoms with van der Waals surface area (Å²) in [5.74, 6) is 0.517. The number of rotatable bonds is 3. The molecule has 0 heterocycles. The summed E-state index contributed by atoms with van der Waals surface area (Å²) in [5, 5.41) is 10.7. The van der Waals surface area contributed by atoms with E-state index in [4.69, 9.17) is 16.3 Å². The van der Waals surface area contributed by atoms with Crippen LogP contribution in [0.4, 0.5) is 5.69 Å². The van der Waals surface area contributed by atoms with Crippen LogP contribution in [0.2, 0.25) is 5.02 Å². The van der Waals surface area contributed by atoms with E-state index in [9.17, 15) is 10.1 Å². The van der Waals surface area contributed by atoms with E-state index in [1.807, 2.05) is 0 Å². The van der Waals surface area contributed by atoms with E-state index in [1.54, 1.807) is 6.07 Å². The monoisotopic (exact) mass is 213 g/mol. The Bertz CT molecular complexity index is 376. The fourth-order valence-corrected chi connectivity index (χ4v) is 1.27. The van der Waals surface area contributed by atoms with E-state index in [0.717, 1.165) is 12.8 Å². The van der Waals surface area contributed by atoms with Gasteiger partial charge in [0.25, 0.3) is 5.69 Å². The Morgan fingerprint density at radius 2 is 2.21 bits per heavy atom. The second kappa shape index (κ2) is 3.46. The van der Waals surface area contributed by atoms with Gasteiger partial charge in [-0.25, -0.2) is 0 Å². The number of halogens is 1. The van der Waals surface area contributed by atoms with Gasteiger partial charge in [0.05, 0.1) is 17.1 Å². The third-order valence-electron chi connectivity index (χ3n) is 1.94. The molecule has 74 valence electrons. The number of nitro benzene ring substituents is 1. The summed E-state index contributed by atoms with van der Waals surface area (Å²) >= 11 is 5.65. The first kappa shape index (κ1) is 9.27. The molecule has 0 radical (unpaired) electrons. The zero-order chi connectivity index (χ0) is 10.1. The highest BCUT2D eigenvalue weighted by atomic mass is 35.5. The molecule has 0 N–H and O–H groups in total. The highest BCUT2D eigenvalue weighted by Gasteiger charge is 2.24. The second-order valence-electron chi connectivity index (χ2n) is 3.19. The highest BCUT2D eigenvalue weighted by Crippen LogP contribution is 2.32. The molecular formula is C9H8ClNO3. The van der Waals surface area contributed by atoms with Crippen molar-refractivity contribution in [2.45, 2.75) is 18.9 Å². The van der Waals surface area contributed by atoms with Crippen molar-refractivity contribution in [3.05, 3.63) is 33.3 Å². The summed E-state index contributed by atoms with van der Waals surface area (Å²) in [6.45, 7) is 0. The van der Waals surface area contributed by atoms with Crippen molar-refractivity contribution in [1.29, 1.82) is 0 Å². The quantitative estimate of drug-likeness (QED) is 0.573. The first-order chi connectivity index (χ1) is 6.66. The zero-order valence-electron chi connectivity index (χ0n) is 7.27. The van der Waals surface area contributed by atoms with Crippen LogP contribution in [0.5, 0.6) is 5.75 Å². The van der Waals surface area contributed by atoms with Crippen LogP contribution >= 0.6 is 11.6 Å². The fourth-order valence-electron chi connectivity index (χ4n) is 1.08. The molecule has 0 unspecified atom stereocenters. The molecule has 14 heavy (non-hydrogen) atoms. The Kier molecular flexibility index (Phi) is 2.29. The maximum atomic E-state index is 10.5. The maximum absolute atomic E-state index is 10.5. The number of benzene rings is 1. The lowest BCUT2D eigenvalue weighted by atomic mass is 10.3. The lowest BCUT2D eigenvalue weighted by Crippen LogP contribution is -1.97. The number of hydrogen-bond donors (Lipinski definition) is 0. The van der Waals surface area contributed by atoms with Crippen molar-refractivity contribution in [3.63, 3.8) is 0 Å². The van der Waals surface area contributed by atoms with Gasteiger partial charge in [-0.2, -0.15) is 0 Å². The first-order valence-electron chi connectivity index (χ1n) is 4.27.